The second kappa shape index (κ2) is 25.9. The summed E-state index contributed by atoms with van der Waals surface area (Å²) in [5, 5.41) is -15.9. The fourth-order valence-corrected chi connectivity index (χ4v) is 4.65. The molecule has 1 heterocycles. The first kappa shape index (κ1) is 82.9. The maximum absolute atomic E-state index is 13.0. The van der Waals surface area contributed by atoms with E-state index < -0.39 is 114 Å². The fourth-order valence-electron chi connectivity index (χ4n) is 3.76. The van der Waals surface area contributed by atoms with Crippen LogP contribution in [0.5, 0.6) is 0 Å². The smallest absolute Gasteiger partial charge is 0.743 e. The molecule has 0 bridgehead atoms. The normalized spacial score (nSPS) is 17.6. The number of alkyl halides is 34. The summed E-state index contributed by atoms with van der Waals surface area (Å²) in [6.45, 7) is 2.00. The zero-order chi connectivity index (χ0) is 59.6. The van der Waals surface area contributed by atoms with E-state index in [0.29, 0.717) is 0 Å². The number of rotatable bonds is 14. The fraction of sp³-hybridized carbons (Fsp3) is 0.667. The van der Waals surface area contributed by atoms with Gasteiger partial charge in [0.2, 0.25) is 0 Å². The summed E-state index contributed by atoms with van der Waals surface area (Å²) in [5.74, 6) is -104. The van der Waals surface area contributed by atoms with Crippen molar-refractivity contribution in [1.82, 2.24) is 0 Å². The minimum Gasteiger partial charge on any atom is -0.743 e. The molecule has 2 aliphatic carbocycles. The van der Waals surface area contributed by atoms with E-state index in [1.165, 1.54) is 12.8 Å². The Bertz CT molecular complexity index is 1830. The SMILES string of the molecule is C1CCOC1.O.O.O=S(=O)([O-])C(F)(F)C(F)(F)C(F)(F)C(F)(F)C(F)(F)C(F)(F)C(F)(F)C(F)(F)F.O=S(=O)([O-])C(F)(F)C(F)(F)C(F)(F)C(F)(F)C(F)(F)C(F)(F)C(F)(F)C(F)(F)F.[CH]1[CH][CH][CH][CH]1.[CH]1[CH][CH][CH][CH]1.[Ti+4]. The first-order valence-corrected chi connectivity index (χ1v) is 19.6. The van der Waals surface area contributed by atoms with E-state index in [1.54, 1.807) is 0 Å². The molecule has 76 heavy (non-hydrogen) atoms. The molecule has 46 heteroatoms. The summed E-state index contributed by atoms with van der Waals surface area (Å²) >= 11 is 0. The van der Waals surface area contributed by atoms with Crippen molar-refractivity contribution < 1.29 is 213 Å². The van der Waals surface area contributed by atoms with Crippen LogP contribution in [0.1, 0.15) is 12.8 Å². The van der Waals surface area contributed by atoms with Gasteiger partial charge in [-0.3, -0.25) is 0 Å². The van der Waals surface area contributed by atoms with Crippen LogP contribution in [0.4, 0.5) is 149 Å². The van der Waals surface area contributed by atoms with Gasteiger partial charge in [-0.05, 0) is 77.0 Å². The van der Waals surface area contributed by atoms with Gasteiger partial charge in [-0.2, -0.15) is 149 Å². The van der Waals surface area contributed by atoms with E-state index in [1.807, 2.05) is 64.2 Å². The molecule has 1 saturated heterocycles. The molecule has 448 valence electrons. The largest absolute Gasteiger partial charge is 4.00 e. The van der Waals surface area contributed by atoms with Gasteiger partial charge in [0.15, 0.2) is 20.2 Å². The summed E-state index contributed by atoms with van der Waals surface area (Å²) in [4.78, 5) is 0. The Morgan fingerprint density at radius 1 is 0.276 bits per heavy atom. The predicted molar refractivity (Wildman–Crippen MR) is 171 cm³/mol. The van der Waals surface area contributed by atoms with Crippen LogP contribution in [-0.4, -0.2) is 144 Å². The van der Waals surface area contributed by atoms with Gasteiger partial charge in [-0.1, -0.05) is 0 Å². The van der Waals surface area contributed by atoms with Gasteiger partial charge in [-0.25, -0.2) is 16.8 Å². The molecule has 2 saturated carbocycles. The standard InChI is InChI=1S/2C8HF17O3S.2C5H5.C4H8O.2H2O.Ti/c2*9-1(10,3(13,14)5(17,18)7(21,22)23)2(11,12)4(15,16)6(19,20)8(24,25)29(26,27)28;3*1-2-4-5-3-1;;;/h2*(H,26,27,28);2*1-5H;1-4H2;2*1H2;/q;;;;;;;+4/p-2. The third-order valence-corrected chi connectivity index (χ3v) is 9.72. The number of hydrogen-bond donors (Lipinski definition) is 0. The van der Waals surface area contributed by atoms with E-state index in [0.717, 1.165) is 13.2 Å². The summed E-state index contributed by atoms with van der Waals surface area (Å²) in [7, 11) is -16.3. The Labute approximate surface area is 416 Å². The Morgan fingerprint density at radius 3 is 0.513 bits per heavy atom. The monoisotopic (exact) mass is 1280 g/mol. The molecule has 0 amide bonds. The molecule has 0 spiro atoms. The Hall–Kier alpha value is -1.97. The molecule has 3 fully saturated rings. The quantitative estimate of drug-likeness (QED) is 0.0940. The van der Waals surface area contributed by atoms with Crippen molar-refractivity contribution in [2.75, 3.05) is 13.2 Å². The van der Waals surface area contributed by atoms with E-state index in [-0.39, 0.29) is 32.7 Å². The first-order chi connectivity index (χ1) is 31.5. The van der Waals surface area contributed by atoms with Crippen LogP contribution in [0.25, 0.3) is 0 Å². The molecule has 1 aliphatic heterocycles. The van der Waals surface area contributed by atoms with Crippen molar-refractivity contribution in [3.63, 3.8) is 0 Å². The van der Waals surface area contributed by atoms with E-state index in [2.05, 4.69) is 0 Å². The van der Waals surface area contributed by atoms with E-state index in [9.17, 15) is 175 Å². The maximum Gasteiger partial charge on any atom is 4.00 e. The first-order valence-electron chi connectivity index (χ1n) is 16.7. The summed E-state index contributed by atoms with van der Waals surface area (Å²) in [6.07, 6.45) is 6.77. The molecular weight excluding hydrogens is 1260 g/mol. The van der Waals surface area contributed by atoms with Crippen molar-refractivity contribution in [2.24, 2.45) is 0 Å². The minimum absolute atomic E-state index is 0. The second-order valence-corrected chi connectivity index (χ2v) is 15.9. The van der Waals surface area contributed by atoms with Gasteiger partial charge in [-0.15, -0.1) is 0 Å². The number of halogens is 34. The topological polar surface area (TPSA) is 187 Å². The van der Waals surface area contributed by atoms with Crippen LogP contribution in [-0.2, 0) is 46.7 Å². The third-order valence-electron chi connectivity index (χ3n) is 7.95. The van der Waals surface area contributed by atoms with Gasteiger partial charge >= 0.3 is 116 Å². The molecule has 9 nitrogen and oxygen atoms in total. The molecule has 0 unspecified atom stereocenters. The molecule has 3 rings (SSSR count). The van der Waals surface area contributed by atoms with E-state index in [4.69, 9.17) is 4.74 Å². The minimum atomic E-state index is -8.92. The van der Waals surface area contributed by atoms with Gasteiger partial charge in [0.25, 0.3) is 0 Å². The zero-order valence-electron chi connectivity index (χ0n) is 34.6. The van der Waals surface area contributed by atoms with Crippen molar-refractivity contribution >= 4 is 20.2 Å². The van der Waals surface area contributed by atoms with E-state index >= 15 is 0 Å². The zero-order valence-corrected chi connectivity index (χ0v) is 37.8. The third kappa shape index (κ3) is 14.7. The van der Waals surface area contributed by atoms with Crippen LogP contribution in [0.2, 0.25) is 0 Å². The Kier molecular flexibility index (Phi) is 28.2. The molecule has 0 aromatic carbocycles. The van der Waals surface area contributed by atoms with Crippen LogP contribution in [0.3, 0.4) is 0 Å². The van der Waals surface area contributed by atoms with Gasteiger partial charge in [0, 0.05) is 13.2 Å². The average Bonchev–Trinajstić information content (AvgIpc) is 4.04. The predicted octanol–water partition coefficient (Wildman–Crippen LogP) is 10.2. The summed E-state index contributed by atoms with van der Waals surface area (Å²) in [5.41, 5.74) is 0. The number of hydrogen-bond acceptors (Lipinski definition) is 7. The molecule has 3 aliphatic rings. The number of ether oxygens (including phenoxy) is 1. The molecule has 4 N–H and O–H groups in total. The Balaban J connectivity index is -0.000000332. The van der Waals surface area contributed by atoms with Crippen molar-refractivity contribution in [3.05, 3.63) is 64.2 Å². The van der Waals surface area contributed by atoms with Crippen molar-refractivity contribution in [1.29, 1.82) is 0 Å². The summed E-state index contributed by atoms with van der Waals surface area (Å²) in [6, 6.07) is 0. The molecule has 0 atom stereocenters. The molecule has 10 radical (unpaired) electrons. The molecule has 0 aromatic rings. The summed E-state index contributed by atoms with van der Waals surface area (Å²) < 4.78 is 493. The van der Waals surface area contributed by atoms with Gasteiger partial charge < -0.3 is 24.8 Å². The Morgan fingerprint density at radius 2 is 0.408 bits per heavy atom. The van der Waals surface area contributed by atoms with Gasteiger partial charge in [0.1, 0.15) is 0 Å². The average molecular weight is 1280 g/mol. The van der Waals surface area contributed by atoms with Crippen molar-refractivity contribution in [2.45, 2.75) is 107 Å². The second-order valence-electron chi connectivity index (χ2n) is 13.1. The van der Waals surface area contributed by atoms with Crippen LogP contribution in [0, 0.1) is 64.2 Å². The molecular formula is C30H22F34O9S2Ti+2. The molecule has 0 aromatic heterocycles. The van der Waals surface area contributed by atoms with Crippen LogP contribution in [0.15, 0.2) is 0 Å². The van der Waals surface area contributed by atoms with Crippen molar-refractivity contribution in [3.8, 4) is 0 Å². The maximum atomic E-state index is 13.0. The van der Waals surface area contributed by atoms with Crippen LogP contribution >= 0.6 is 0 Å². The van der Waals surface area contributed by atoms with Gasteiger partial charge in [0.05, 0.1) is 0 Å². The van der Waals surface area contributed by atoms with Crippen LogP contribution < -0.4 is 0 Å².